The summed E-state index contributed by atoms with van der Waals surface area (Å²) in [4.78, 5) is 19.8. The smallest absolute Gasteiger partial charge is 0.230 e. The summed E-state index contributed by atoms with van der Waals surface area (Å²) in [5.41, 5.74) is 2.92. The number of thiazole rings is 1. The van der Waals surface area contributed by atoms with Crippen molar-refractivity contribution in [2.75, 3.05) is 12.0 Å². The normalized spacial score (nSPS) is 10.6. The average Bonchev–Trinajstić information content (AvgIpc) is 3.10. The fourth-order valence-electron chi connectivity index (χ4n) is 2.56. The zero-order valence-electron chi connectivity index (χ0n) is 14.9. The standard InChI is InChI=1S/C20H20N2O2S2/c1-14-8-4-7-11-19(14)25-12-16-13-26-20(21-16)22(15(2)23)17-9-5-6-10-18(17)24-3/h4-11,13H,12H2,1-3H3. The van der Waals surface area contributed by atoms with Crippen molar-refractivity contribution in [3.8, 4) is 5.75 Å². The Morgan fingerprint density at radius 1 is 1.19 bits per heavy atom. The predicted molar refractivity (Wildman–Crippen MR) is 109 cm³/mol. The minimum atomic E-state index is -0.0954. The Hall–Kier alpha value is -2.31. The maximum absolute atomic E-state index is 12.3. The van der Waals surface area contributed by atoms with Crippen LogP contribution in [0.5, 0.6) is 5.75 Å². The number of rotatable bonds is 6. The number of carbonyl (C=O) groups is 1. The van der Waals surface area contributed by atoms with Crippen LogP contribution >= 0.6 is 23.1 Å². The molecule has 0 spiro atoms. The first kappa shape index (κ1) is 18.5. The summed E-state index contributed by atoms with van der Waals surface area (Å²) in [6.45, 7) is 3.64. The highest BCUT2D eigenvalue weighted by atomic mass is 32.2. The van der Waals surface area contributed by atoms with Crippen LogP contribution in [0.4, 0.5) is 10.8 Å². The van der Waals surface area contributed by atoms with Crippen molar-refractivity contribution in [2.24, 2.45) is 0 Å². The number of methoxy groups -OCH3 is 1. The summed E-state index contributed by atoms with van der Waals surface area (Å²) < 4.78 is 5.40. The summed E-state index contributed by atoms with van der Waals surface area (Å²) in [6.07, 6.45) is 0. The lowest BCUT2D eigenvalue weighted by atomic mass is 10.2. The van der Waals surface area contributed by atoms with Crippen LogP contribution in [0, 0.1) is 6.92 Å². The Labute approximate surface area is 161 Å². The third kappa shape index (κ3) is 4.08. The highest BCUT2D eigenvalue weighted by Crippen LogP contribution is 2.36. The molecule has 0 radical (unpaired) electrons. The van der Waals surface area contributed by atoms with Gasteiger partial charge in [-0.1, -0.05) is 30.3 Å². The van der Waals surface area contributed by atoms with Crippen LogP contribution in [-0.2, 0) is 10.5 Å². The Kier molecular flexibility index (Phi) is 5.96. The Morgan fingerprint density at radius 3 is 2.65 bits per heavy atom. The Bertz CT molecular complexity index is 908. The Balaban J connectivity index is 1.82. The third-order valence-corrected chi connectivity index (χ3v) is 5.92. The number of benzene rings is 2. The molecule has 134 valence electrons. The number of hydrogen-bond donors (Lipinski definition) is 0. The number of aromatic nitrogens is 1. The quantitative estimate of drug-likeness (QED) is 0.531. The first-order chi connectivity index (χ1) is 12.6. The van der Waals surface area contributed by atoms with Crippen molar-refractivity contribution in [1.82, 2.24) is 4.98 Å². The van der Waals surface area contributed by atoms with E-state index in [2.05, 4.69) is 24.0 Å². The topological polar surface area (TPSA) is 42.4 Å². The number of carbonyl (C=O) groups excluding carboxylic acids is 1. The molecule has 26 heavy (non-hydrogen) atoms. The summed E-state index contributed by atoms with van der Waals surface area (Å²) in [6, 6.07) is 15.8. The van der Waals surface area contributed by atoms with Gasteiger partial charge in [-0.15, -0.1) is 23.1 Å². The SMILES string of the molecule is COc1ccccc1N(C(C)=O)c1nc(CSc2ccccc2C)cs1. The molecular formula is C20H20N2O2S2. The van der Waals surface area contributed by atoms with Crippen LogP contribution in [0.15, 0.2) is 58.8 Å². The monoisotopic (exact) mass is 384 g/mol. The van der Waals surface area contributed by atoms with E-state index < -0.39 is 0 Å². The molecule has 6 heteroatoms. The molecule has 3 rings (SSSR count). The number of nitrogens with zero attached hydrogens (tertiary/aromatic N) is 2. The van der Waals surface area contributed by atoms with E-state index >= 15 is 0 Å². The molecule has 4 nitrogen and oxygen atoms in total. The van der Waals surface area contributed by atoms with Crippen molar-refractivity contribution < 1.29 is 9.53 Å². The zero-order valence-corrected chi connectivity index (χ0v) is 16.6. The fraction of sp³-hybridized carbons (Fsp3) is 0.200. The van der Waals surface area contributed by atoms with Gasteiger partial charge in [0, 0.05) is 23.0 Å². The number of hydrogen-bond acceptors (Lipinski definition) is 5. The number of amides is 1. The van der Waals surface area contributed by atoms with E-state index in [1.807, 2.05) is 41.8 Å². The van der Waals surface area contributed by atoms with Gasteiger partial charge in [-0.05, 0) is 30.7 Å². The van der Waals surface area contributed by atoms with Crippen molar-refractivity contribution in [2.45, 2.75) is 24.5 Å². The summed E-state index contributed by atoms with van der Waals surface area (Å²) in [5, 5.41) is 2.66. The third-order valence-electron chi connectivity index (χ3n) is 3.84. The lowest BCUT2D eigenvalue weighted by molar-refractivity contribution is -0.115. The van der Waals surface area contributed by atoms with Gasteiger partial charge in [-0.25, -0.2) is 4.98 Å². The number of para-hydroxylation sites is 2. The van der Waals surface area contributed by atoms with E-state index in [0.29, 0.717) is 16.6 Å². The van der Waals surface area contributed by atoms with Crippen molar-refractivity contribution in [3.05, 3.63) is 65.2 Å². The van der Waals surface area contributed by atoms with Crippen LogP contribution < -0.4 is 9.64 Å². The number of anilines is 2. The first-order valence-electron chi connectivity index (χ1n) is 8.16. The molecule has 0 saturated heterocycles. The fourth-order valence-corrected chi connectivity index (χ4v) is 4.46. The molecule has 0 fully saturated rings. The van der Waals surface area contributed by atoms with Gasteiger partial charge in [-0.3, -0.25) is 9.69 Å². The Morgan fingerprint density at radius 2 is 1.92 bits per heavy atom. The molecule has 2 aromatic carbocycles. The summed E-state index contributed by atoms with van der Waals surface area (Å²) in [7, 11) is 1.60. The average molecular weight is 385 g/mol. The second kappa shape index (κ2) is 8.38. The highest BCUT2D eigenvalue weighted by Gasteiger charge is 2.21. The van der Waals surface area contributed by atoms with Crippen LogP contribution in [0.3, 0.4) is 0 Å². The second-order valence-corrected chi connectivity index (χ2v) is 7.56. The van der Waals surface area contributed by atoms with Gasteiger partial charge in [0.25, 0.3) is 0 Å². The maximum Gasteiger partial charge on any atom is 0.230 e. The molecule has 0 aliphatic rings. The molecule has 3 aromatic rings. The lowest BCUT2D eigenvalue weighted by Gasteiger charge is -2.20. The predicted octanol–water partition coefficient (Wildman–Crippen LogP) is 5.44. The molecule has 1 amide bonds. The molecule has 1 aromatic heterocycles. The van der Waals surface area contributed by atoms with Crippen LogP contribution in [0.1, 0.15) is 18.2 Å². The van der Waals surface area contributed by atoms with Gasteiger partial charge in [0.2, 0.25) is 5.91 Å². The molecule has 1 heterocycles. The van der Waals surface area contributed by atoms with E-state index in [0.717, 1.165) is 11.4 Å². The molecule has 0 saturated carbocycles. The summed E-state index contributed by atoms with van der Waals surface area (Å²) >= 11 is 3.22. The zero-order chi connectivity index (χ0) is 18.5. The highest BCUT2D eigenvalue weighted by molar-refractivity contribution is 7.98. The van der Waals surface area contributed by atoms with Gasteiger partial charge in [-0.2, -0.15) is 0 Å². The van der Waals surface area contributed by atoms with E-state index in [9.17, 15) is 4.79 Å². The van der Waals surface area contributed by atoms with E-state index in [-0.39, 0.29) is 5.91 Å². The van der Waals surface area contributed by atoms with Gasteiger partial charge in [0.1, 0.15) is 5.75 Å². The number of thioether (sulfide) groups is 1. The molecule has 0 aliphatic heterocycles. The van der Waals surface area contributed by atoms with Gasteiger partial charge in [0.15, 0.2) is 5.13 Å². The van der Waals surface area contributed by atoms with Crippen molar-refractivity contribution in [3.63, 3.8) is 0 Å². The second-order valence-electron chi connectivity index (χ2n) is 5.70. The first-order valence-corrected chi connectivity index (χ1v) is 10.0. The molecule has 0 atom stereocenters. The van der Waals surface area contributed by atoms with Crippen LogP contribution in [0.25, 0.3) is 0 Å². The van der Waals surface area contributed by atoms with Gasteiger partial charge < -0.3 is 4.74 Å². The van der Waals surface area contributed by atoms with E-state index in [1.54, 1.807) is 23.8 Å². The van der Waals surface area contributed by atoms with Crippen LogP contribution in [-0.4, -0.2) is 18.0 Å². The lowest BCUT2D eigenvalue weighted by Crippen LogP contribution is -2.23. The molecular weight excluding hydrogens is 364 g/mol. The van der Waals surface area contributed by atoms with E-state index in [4.69, 9.17) is 4.74 Å². The maximum atomic E-state index is 12.3. The van der Waals surface area contributed by atoms with Crippen LogP contribution in [0.2, 0.25) is 0 Å². The summed E-state index contributed by atoms with van der Waals surface area (Å²) in [5.74, 6) is 1.31. The minimum Gasteiger partial charge on any atom is -0.495 e. The number of aryl methyl sites for hydroxylation is 1. The molecule has 0 bridgehead atoms. The van der Waals surface area contributed by atoms with Crippen molar-refractivity contribution >= 4 is 39.8 Å². The number of ether oxygens (including phenoxy) is 1. The molecule has 0 N–H and O–H groups in total. The molecule has 0 aliphatic carbocycles. The van der Waals surface area contributed by atoms with E-state index in [1.165, 1.54) is 28.7 Å². The largest absolute Gasteiger partial charge is 0.495 e. The van der Waals surface area contributed by atoms with Crippen molar-refractivity contribution in [1.29, 1.82) is 0 Å². The minimum absolute atomic E-state index is 0.0954. The van der Waals surface area contributed by atoms with Gasteiger partial charge in [0.05, 0.1) is 18.5 Å². The molecule has 0 unspecified atom stereocenters. The van der Waals surface area contributed by atoms with Gasteiger partial charge >= 0.3 is 0 Å².